The van der Waals surface area contributed by atoms with Crippen LogP contribution in [0.4, 0.5) is 11.4 Å². The third-order valence-corrected chi connectivity index (χ3v) is 3.81. The summed E-state index contributed by atoms with van der Waals surface area (Å²) in [5.74, 6) is 0. The second-order valence-electron chi connectivity index (χ2n) is 4.98. The number of nitrogens with zero attached hydrogens (tertiary/aromatic N) is 1. The van der Waals surface area contributed by atoms with Crippen LogP contribution < -0.4 is 10.5 Å². The topological polar surface area (TPSA) is 33.5 Å². The first-order valence-corrected chi connectivity index (χ1v) is 6.71. The molecule has 1 aliphatic heterocycles. The van der Waals surface area contributed by atoms with E-state index in [0.29, 0.717) is 5.58 Å². The lowest BCUT2D eigenvalue weighted by molar-refractivity contribution is 0.561. The maximum atomic E-state index is 11.8. The summed E-state index contributed by atoms with van der Waals surface area (Å²) in [5.41, 5.74) is 3.78. The maximum Gasteiger partial charge on any atom is 0.338 e. The predicted octanol–water partition coefficient (Wildman–Crippen LogP) is 3.49. The Morgan fingerprint density at radius 2 is 1.75 bits per heavy atom. The fraction of sp³-hybridized carbons (Fsp3) is 0.118. The summed E-state index contributed by atoms with van der Waals surface area (Å²) in [6.45, 7) is 0.896. The van der Waals surface area contributed by atoms with Crippen LogP contribution in [0, 0.1) is 0 Å². The van der Waals surface area contributed by atoms with Crippen molar-refractivity contribution in [1.29, 1.82) is 0 Å². The summed E-state index contributed by atoms with van der Waals surface area (Å²) in [5, 5.41) is 0.976. The van der Waals surface area contributed by atoms with Crippen molar-refractivity contribution in [2.24, 2.45) is 0 Å². The summed E-state index contributed by atoms with van der Waals surface area (Å²) < 4.78 is 5.27. The normalized spacial score (nSPS) is 13.7. The van der Waals surface area contributed by atoms with E-state index < -0.39 is 0 Å². The van der Waals surface area contributed by atoms with Gasteiger partial charge in [0.05, 0.1) is 5.69 Å². The molecule has 3 nitrogen and oxygen atoms in total. The van der Waals surface area contributed by atoms with E-state index in [-0.39, 0.29) is 5.63 Å². The number of hydrogen-bond donors (Lipinski definition) is 0. The first kappa shape index (κ1) is 11.3. The van der Waals surface area contributed by atoms with E-state index in [0.717, 1.165) is 24.0 Å². The molecule has 0 spiro atoms. The lowest BCUT2D eigenvalue weighted by atomic mass is 10.1. The molecule has 98 valence electrons. The second-order valence-corrected chi connectivity index (χ2v) is 4.98. The molecule has 0 aliphatic carbocycles. The average molecular weight is 263 g/mol. The SMILES string of the molecule is O=c1cc(N2CCc3ccccc32)c2ccccc2o1. The van der Waals surface area contributed by atoms with Crippen LogP contribution in [0.5, 0.6) is 0 Å². The summed E-state index contributed by atoms with van der Waals surface area (Å²) in [4.78, 5) is 14.0. The Kier molecular flexibility index (Phi) is 2.39. The molecule has 3 heteroatoms. The third kappa shape index (κ3) is 1.63. The van der Waals surface area contributed by atoms with Crippen LogP contribution in [0.2, 0.25) is 0 Å². The molecule has 0 atom stereocenters. The van der Waals surface area contributed by atoms with E-state index in [9.17, 15) is 4.79 Å². The van der Waals surface area contributed by atoms with Gasteiger partial charge >= 0.3 is 5.63 Å². The van der Waals surface area contributed by atoms with Gasteiger partial charge in [-0.15, -0.1) is 0 Å². The molecule has 0 radical (unpaired) electrons. The van der Waals surface area contributed by atoms with Gasteiger partial charge in [0, 0.05) is 23.7 Å². The summed E-state index contributed by atoms with van der Waals surface area (Å²) in [7, 11) is 0. The van der Waals surface area contributed by atoms with Crippen LogP contribution >= 0.6 is 0 Å². The van der Waals surface area contributed by atoms with Crippen LogP contribution in [-0.2, 0) is 6.42 Å². The minimum absolute atomic E-state index is 0.303. The van der Waals surface area contributed by atoms with Crippen molar-refractivity contribution in [2.75, 3.05) is 11.4 Å². The van der Waals surface area contributed by atoms with Crippen molar-refractivity contribution >= 4 is 22.3 Å². The van der Waals surface area contributed by atoms with Crippen LogP contribution in [0.3, 0.4) is 0 Å². The van der Waals surface area contributed by atoms with Gasteiger partial charge in [0.1, 0.15) is 5.58 Å². The molecule has 1 aromatic heterocycles. The fourth-order valence-electron chi connectivity index (χ4n) is 2.91. The van der Waals surface area contributed by atoms with Gasteiger partial charge in [-0.1, -0.05) is 30.3 Å². The molecule has 0 unspecified atom stereocenters. The van der Waals surface area contributed by atoms with E-state index in [1.807, 2.05) is 30.3 Å². The fourth-order valence-corrected chi connectivity index (χ4v) is 2.91. The summed E-state index contributed by atoms with van der Waals surface area (Å²) in [6.07, 6.45) is 1.00. The molecule has 0 bridgehead atoms. The minimum atomic E-state index is -0.303. The van der Waals surface area contributed by atoms with Gasteiger partial charge in [-0.2, -0.15) is 0 Å². The van der Waals surface area contributed by atoms with E-state index >= 15 is 0 Å². The van der Waals surface area contributed by atoms with Gasteiger partial charge in [0.2, 0.25) is 0 Å². The molecule has 2 heterocycles. The van der Waals surface area contributed by atoms with Gasteiger partial charge in [0.15, 0.2) is 0 Å². The quantitative estimate of drug-likeness (QED) is 0.630. The van der Waals surface area contributed by atoms with E-state index in [4.69, 9.17) is 4.42 Å². The maximum absolute atomic E-state index is 11.8. The van der Waals surface area contributed by atoms with Crippen molar-refractivity contribution < 1.29 is 4.42 Å². The Labute approximate surface area is 116 Å². The number of benzene rings is 2. The van der Waals surface area contributed by atoms with Crippen LogP contribution in [0.15, 0.2) is 63.8 Å². The first-order chi connectivity index (χ1) is 9.83. The van der Waals surface area contributed by atoms with E-state index in [1.165, 1.54) is 11.3 Å². The lowest BCUT2D eigenvalue weighted by Crippen LogP contribution is -2.15. The number of fused-ring (bicyclic) bond motifs is 2. The van der Waals surface area contributed by atoms with E-state index in [1.54, 1.807) is 6.07 Å². The highest BCUT2D eigenvalue weighted by atomic mass is 16.4. The van der Waals surface area contributed by atoms with Crippen molar-refractivity contribution in [3.05, 3.63) is 70.6 Å². The van der Waals surface area contributed by atoms with Crippen molar-refractivity contribution in [1.82, 2.24) is 0 Å². The molecule has 1 aliphatic rings. The van der Waals surface area contributed by atoms with Crippen molar-refractivity contribution in [3.8, 4) is 0 Å². The average Bonchev–Trinajstić information content (AvgIpc) is 2.90. The van der Waals surface area contributed by atoms with Gasteiger partial charge in [0.25, 0.3) is 0 Å². The molecule has 3 aromatic rings. The lowest BCUT2D eigenvalue weighted by Gasteiger charge is -2.20. The summed E-state index contributed by atoms with van der Waals surface area (Å²) >= 11 is 0. The Morgan fingerprint density at radius 1 is 0.950 bits per heavy atom. The highest BCUT2D eigenvalue weighted by Crippen LogP contribution is 2.37. The largest absolute Gasteiger partial charge is 0.423 e. The smallest absolute Gasteiger partial charge is 0.338 e. The molecule has 0 saturated carbocycles. The molecule has 2 aromatic carbocycles. The third-order valence-electron chi connectivity index (χ3n) is 3.81. The monoisotopic (exact) mass is 263 g/mol. The standard InChI is InChI=1S/C17H13NO2/c19-17-11-15(13-6-2-4-8-16(13)20-17)18-10-9-12-5-1-3-7-14(12)18/h1-8,11H,9-10H2. The Hall–Kier alpha value is -2.55. The number of hydrogen-bond acceptors (Lipinski definition) is 3. The van der Waals surface area contributed by atoms with Gasteiger partial charge in [-0.3, -0.25) is 0 Å². The molecule has 0 saturated heterocycles. The van der Waals surface area contributed by atoms with E-state index in [2.05, 4.69) is 23.1 Å². The van der Waals surface area contributed by atoms with Crippen LogP contribution in [-0.4, -0.2) is 6.54 Å². The molecule has 20 heavy (non-hydrogen) atoms. The molecular weight excluding hydrogens is 250 g/mol. The second kappa shape index (κ2) is 4.23. The Bertz CT molecular complexity index is 851. The minimum Gasteiger partial charge on any atom is -0.423 e. The predicted molar refractivity (Wildman–Crippen MR) is 79.6 cm³/mol. The molecular formula is C17H13NO2. The van der Waals surface area contributed by atoms with Crippen molar-refractivity contribution in [2.45, 2.75) is 6.42 Å². The van der Waals surface area contributed by atoms with Crippen LogP contribution in [0.1, 0.15) is 5.56 Å². The highest BCUT2D eigenvalue weighted by Gasteiger charge is 2.22. The molecule has 4 rings (SSSR count). The van der Waals surface area contributed by atoms with Crippen LogP contribution in [0.25, 0.3) is 11.0 Å². The number of para-hydroxylation sites is 2. The zero-order valence-electron chi connectivity index (χ0n) is 10.9. The van der Waals surface area contributed by atoms with Gasteiger partial charge in [-0.25, -0.2) is 4.79 Å². The first-order valence-electron chi connectivity index (χ1n) is 6.71. The van der Waals surface area contributed by atoms with Crippen molar-refractivity contribution in [3.63, 3.8) is 0 Å². The van der Waals surface area contributed by atoms with Gasteiger partial charge < -0.3 is 9.32 Å². The number of rotatable bonds is 1. The molecule has 0 amide bonds. The summed E-state index contributed by atoms with van der Waals surface area (Å²) in [6, 6.07) is 17.6. The Balaban J connectivity index is 1.98. The Morgan fingerprint density at radius 3 is 2.70 bits per heavy atom. The zero-order chi connectivity index (χ0) is 13.5. The van der Waals surface area contributed by atoms with Gasteiger partial charge in [-0.05, 0) is 30.2 Å². The number of anilines is 2. The highest BCUT2D eigenvalue weighted by molar-refractivity contribution is 5.93. The molecule has 0 fully saturated rings. The molecule has 0 N–H and O–H groups in total. The zero-order valence-corrected chi connectivity index (χ0v) is 10.9.